The average Bonchev–Trinajstić information content (AvgIpc) is 3.40. The number of rotatable bonds is 19. The highest BCUT2D eigenvalue weighted by molar-refractivity contribution is 7.07. The van der Waals surface area contributed by atoms with Crippen molar-refractivity contribution in [2.45, 2.75) is 96.9 Å². The molecule has 0 bridgehead atoms. The van der Waals surface area contributed by atoms with Gasteiger partial charge in [0.2, 0.25) is 11.4 Å². The van der Waals surface area contributed by atoms with Gasteiger partial charge < -0.3 is 27.0 Å². The fourth-order valence-electron chi connectivity index (χ4n) is 4.58. The molecule has 4 nitrogen and oxygen atoms in total. The number of carbonyl (C=O) groups excluding carboxylic acids is 1. The number of amides is 1. The molecule has 38 heavy (non-hydrogen) atoms. The van der Waals surface area contributed by atoms with Crippen LogP contribution in [-0.4, -0.2) is 12.5 Å². The van der Waals surface area contributed by atoms with Crippen molar-refractivity contribution in [1.82, 2.24) is 0 Å². The third-order valence-electron chi connectivity index (χ3n) is 6.63. The van der Waals surface area contributed by atoms with E-state index in [-0.39, 0.29) is 22.9 Å². The molecule has 1 heterocycles. The fourth-order valence-corrected chi connectivity index (χ4v) is 5.18. The van der Waals surface area contributed by atoms with Crippen LogP contribution in [0, 0.1) is 0 Å². The molecule has 0 fully saturated rings. The number of carbonyl (C=O) groups is 1. The molecule has 0 atom stereocenters. The molecule has 0 saturated carbocycles. The number of aromatic nitrogens is 1. The Morgan fingerprint density at radius 2 is 1.50 bits per heavy atom. The number of thiazole rings is 1. The van der Waals surface area contributed by atoms with Gasteiger partial charge in [0, 0.05) is 11.3 Å². The number of hydrogen-bond acceptors (Lipinski definition) is 3. The molecule has 0 aliphatic heterocycles. The van der Waals surface area contributed by atoms with Gasteiger partial charge in [-0.15, -0.1) is 0 Å². The summed E-state index contributed by atoms with van der Waals surface area (Å²) in [6.45, 7) is 3.81. The molecule has 2 aromatic carbocycles. The fraction of sp³-hybridized carbons (Fsp3) is 0.500. The molecule has 0 aliphatic rings. The molecule has 1 aromatic heterocycles. The molecular formula is C32H45BrN2O2S. The second-order valence-corrected chi connectivity index (χ2v) is 10.8. The van der Waals surface area contributed by atoms with E-state index in [0.29, 0.717) is 6.42 Å². The Hall–Kier alpha value is -2.18. The molecular weight excluding hydrogens is 556 g/mol. The van der Waals surface area contributed by atoms with Gasteiger partial charge in [0.05, 0.1) is 18.4 Å². The van der Waals surface area contributed by atoms with Crippen molar-refractivity contribution in [2.75, 3.05) is 11.9 Å². The van der Waals surface area contributed by atoms with Gasteiger partial charge in [0.15, 0.2) is 12.7 Å². The summed E-state index contributed by atoms with van der Waals surface area (Å²) in [5.41, 5.74) is 5.04. The zero-order chi connectivity index (χ0) is 26.0. The predicted octanol–water partition coefficient (Wildman–Crippen LogP) is 5.35. The smallest absolute Gasteiger partial charge is 0.228 e. The predicted molar refractivity (Wildman–Crippen MR) is 155 cm³/mol. The first kappa shape index (κ1) is 32.0. The quantitative estimate of drug-likeness (QED) is 0.149. The summed E-state index contributed by atoms with van der Waals surface area (Å²) in [6.07, 6.45) is 18.5. The van der Waals surface area contributed by atoms with Gasteiger partial charge in [-0.25, -0.2) is 0 Å². The second kappa shape index (κ2) is 19.8. The van der Waals surface area contributed by atoms with Crippen LogP contribution in [0.4, 0.5) is 5.69 Å². The lowest BCUT2D eigenvalue weighted by molar-refractivity contribution is -0.683. The van der Waals surface area contributed by atoms with E-state index in [9.17, 15) is 4.79 Å². The molecule has 3 rings (SSSR count). The van der Waals surface area contributed by atoms with Crippen LogP contribution in [-0.2, 0) is 17.8 Å². The summed E-state index contributed by atoms with van der Waals surface area (Å²) >= 11 is 1.67. The zero-order valence-electron chi connectivity index (χ0n) is 23.0. The van der Waals surface area contributed by atoms with E-state index in [1.807, 2.05) is 42.5 Å². The topological polar surface area (TPSA) is 42.2 Å². The van der Waals surface area contributed by atoms with Crippen LogP contribution >= 0.6 is 11.3 Å². The first-order valence-corrected chi connectivity index (χ1v) is 15.2. The van der Waals surface area contributed by atoms with Crippen LogP contribution in [0.25, 0.3) is 0 Å². The minimum atomic E-state index is -0.0153. The number of benzene rings is 2. The number of hydrogen-bond donors (Lipinski definition) is 1. The van der Waals surface area contributed by atoms with Crippen molar-refractivity contribution < 1.29 is 31.1 Å². The standard InChI is InChI=1S/C32H44N2O2S.BrH/c1-2-3-4-5-6-7-8-9-10-11-12-13-21-36-31-19-15-16-28(24-31)25-32(35)33-30-18-14-17-29(23-30)26-34-20-22-37-27-34;/h14-20,22-24,27H,2-13,21,25-26H2,1H3;1H. The average molecular weight is 602 g/mol. The van der Waals surface area contributed by atoms with Crippen molar-refractivity contribution in [3.8, 4) is 5.75 Å². The van der Waals surface area contributed by atoms with Gasteiger partial charge >= 0.3 is 0 Å². The minimum absolute atomic E-state index is 0. The van der Waals surface area contributed by atoms with Gasteiger partial charge in [0.1, 0.15) is 5.75 Å². The molecule has 208 valence electrons. The summed E-state index contributed by atoms with van der Waals surface area (Å²) in [5, 5.41) is 5.10. The first-order valence-electron chi connectivity index (χ1n) is 14.2. The molecule has 6 heteroatoms. The first-order chi connectivity index (χ1) is 18.2. The molecule has 1 N–H and O–H groups in total. The van der Waals surface area contributed by atoms with Crippen LogP contribution < -0.4 is 31.6 Å². The largest absolute Gasteiger partial charge is 1.00 e. The Morgan fingerprint density at radius 1 is 0.842 bits per heavy atom. The number of nitrogens with zero attached hydrogens (tertiary/aromatic N) is 1. The van der Waals surface area contributed by atoms with Crippen molar-refractivity contribution >= 4 is 22.9 Å². The van der Waals surface area contributed by atoms with Crippen LogP contribution in [0.5, 0.6) is 5.75 Å². The summed E-state index contributed by atoms with van der Waals surface area (Å²) in [5.74, 6) is 0.835. The monoisotopic (exact) mass is 600 g/mol. The van der Waals surface area contributed by atoms with Gasteiger partial charge in [-0.1, -0.05) is 113 Å². The molecule has 0 spiro atoms. The van der Waals surface area contributed by atoms with Gasteiger partial charge in [0.25, 0.3) is 0 Å². The van der Waals surface area contributed by atoms with Crippen LogP contribution in [0.2, 0.25) is 0 Å². The van der Waals surface area contributed by atoms with Crippen LogP contribution in [0.3, 0.4) is 0 Å². The molecule has 1 amide bonds. The summed E-state index contributed by atoms with van der Waals surface area (Å²) in [6, 6.07) is 16.0. The highest BCUT2D eigenvalue weighted by Crippen LogP contribution is 2.17. The lowest BCUT2D eigenvalue weighted by Crippen LogP contribution is -3.00. The lowest BCUT2D eigenvalue weighted by Gasteiger charge is -2.09. The number of unbranched alkanes of at least 4 members (excludes halogenated alkanes) is 11. The SMILES string of the molecule is CCCCCCCCCCCCCCOc1cccc(CC(=O)Nc2cccc(C[n+]3ccsc3)c2)c1.[Br-]. The Labute approximate surface area is 244 Å². The van der Waals surface area contributed by atoms with Crippen molar-refractivity contribution in [1.29, 1.82) is 0 Å². The molecule has 0 aliphatic carbocycles. The summed E-state index contributed by atoms with van der Waals surface area (Å²) in [4.78, 5) is 12.7. The van der Waals surface area contributed by atoms with E-state index in [1.165, 1.54) is 70.6 Å². The maximum atomic E-state index is 12.7. The minimum Gasteiger partial charge on any atom is -1.00 e. The lowest BCUT2D eigenvalue weighted by atomic mass is 10.1. The van der Waals surface area contributed by atoms with Crippen molar-refractivity contribution in [3.63, 3.8) is 0 Å². The highest BCUT2D eigenvalue weighted by atomic mass is 79.9. The van der Waals surface area contributed by atoms with E-state index in [1.54, 1.807) is 11.3 Å². The van der Waals surface area contributed by atoms with E-state index in [0.717, 1.165) is 42.1 Å². The van der Waals surface area contributed by atoms with E-state index < -0.39 is 0 Å². The third-order valence-corrected chi connectivity index (χ3v) is 7.30. The van der Waals surface area contributed by atoms with Crippen molar-refractivity contribution in [2.24, 2.45) is 0 Å². The van der Waals surface area contributed by atoms with Crippen molar-refractivity contribution in [3.05, 3.63) is 76.7 Å². The molecule has 0 radical (unpaired) electrons. The zero-order valence-corrected chi connectivity index (χ0v) is 25.4. The number of ether oxygens (including phenoxy) is 1. The van der Waals surface area contributed by atoms with Crippen LogP contribution in [0.1, 0.15) is 95.1 Å². The maximum absolute atomic E-state index is 12.7. The maximum Gasteiger partial charge on any atom is 0.228 e. The second-order valence-electron chi connectivity index (χ2n) is 10.0. The van der Waals surface area contributed by atoms with E-state index >= 15 is 0 Å². The molecule has 0 unspecified atom stereocenters. The van der Waals surface area contributed by atoms with Gasteiger partial charge in [-0.2, -0.15) is 4.57 Å². The highest BCUT2D eigenvalue weighted by Gasteiger charge is 2.08. The molecule has 0 saturated heterocycles. The number of halogens is 1. The number of anilines is 1. The Morgan fingerprint density at radius 3 is 2.18 bits per heavy atom. The van der Waals surface area contributed by atoms with Crippen LogP contribution in [0.15, 0.2) is 65.6 Å². The Kier molecular flexibility index (Phi) is 16.7. The molecule has 3 aromatic rings. The summed E-state index contributed by atoms with van der Waals surface area (Å²) < 4.78 is 8.10. The number of nitrogens with one attached hydrogen (secondary N) is 1. The van der Waals surface area contributed by atoms with Gasteiger partial charge in [-0.05, 0) is 36.2 Å². The van der Waals surface area contributed by atoms with E-state index in [2.05, 4.69) is 40.0 Å². The summed E-state index contributed by atoms with van der Waals surface area (Å²) in [7, 11) is 0. The normalized spacial score (nSPS) is 10.7. The van der Waals surface area contributed by atoms with E-state index in [4.69, 9.17) is 4.74 Å². The van der Waals surface area contributed by atoms with Gasteiger partial charge in [-0.3, -0.25) is 4.79 Å². The Bertz CT molecular complexity index is 1030. The third kappa shape index (κ3) is 13.6. The Balaban J connectivity index is 0.00000507.